The number of amides is 2. The van der Waals surface area contributed by atoms with Gasteiger partial charge >= 0.3 is 10.2 Å². The van der Waals surface area contributed by atoms with E-state index in [1.54, 1.807) is 6.92 Å². The molecular formula is C25H35FN4O4S. The van der Waals surface area contributed by atoms with Gasteiger partial charge in [0.05, 0.1) is 5.69 Å². The Morgan fingerprint density at radius 3 is 2.11 bits per heavy atom. The van der Waals surface area contributed by atoms with Crippen molar-refractivity contribution < 1.29 is 22.4 Å². The zero-order valence-electron chi connectivity index (χ0n) is 20.9. The molecule has 10 heteroatoms. The van der Waals surface area contributed by atoms with Gasteiger partial charge in [-0.15, -0.1) is 0 Å². The van der Waals surface area contributed by atoms with Gasteiger partial charge in [-0.25, -0.2) is 8.70 Å². The molecule has 0 radical (unpaired) electrons. The van der Waals surface area contributed by atoms with Crippen LogP contribution in [0.1, 0.15) is 26.3 Å². The van der Waals surface area contributed by atoms with Crippen LogP contribution in [0.2, 0.25) is 0 Å². The average Bonchev–Trinajstić information content (AvgIpc) is 2.82. The maximum Gasteiger partial charge on any atom is 0.304 e. The Bertz CT molecular complexity index is 1080. The van der Waals surface area contributed by atoms with Crippen LogP contribution < -0.4 is 9.62 Å². The number of carbonyl (C=O) groups is 2. The lowest BCUT2D eigenvalue weighted by atomic mass is 10.1. The summed E-state index contributed by atoms with van der Waals surface area (Å²) in [5, 5.41) is 2.84. The van der Waals surface area contributed by atoms with E-state index in [1.807, 2.05) is 44.2 Å². The summed E-state index contributed by atoms with van der Waals surface area (Å²) in [6.45, 7) is 5.70. The number of hydrogen-bond acceptors (Lipinski definition) is 4. The molecule has 0 heterocycles. The summed E-state index contributed by atoms with van der Waals surface area (Å²) in [6.07, 6.45) is 0.491. The molecule has 0 aliphatic carbocycles. The van der Waals surface area contributed by atoms with Crippen molar-refractivity contribution >= 4 is 27.7 Å². The Kier molecular flexibility index (Phi) is 10.2. The molecule has 2 aromatic carbocycles. The highest BCUT2D eigenvalue weighted by molar-refractivity contribution is 7.90. The molecule has 1 N–H and O–H groups in total. The lowest BCUT2D eigenvalue weighted by molar-refractivity contribution is -0.138. The molecule has 2 aromatic rings. The molecule has 1 atom stereocenters. The van der Waals surface area contributed by atoms with Gasteiger partial charge in [-0.3, -0.25) is 9.59 Å². The molecule has 192 valence electrons. The number of hydrogen-bond donors (Lipinski definition) is 1. The molecule has 0 saturated carbocycles. The smallest absolute Gasteiger partial charge is 0.304 e. The van der Waals surface area contributed by atoms with Crippen LogP contribution in [0.25, 0.3) is 0 Å². The predicted octanol–water partition coefficient (Wildman–Crippen LogP) is 2.67. The number of halogens is 1. The molecule has 2 rings (SSSR count). The number of benzene rings is 2. The van der Waals surface area contributed by atoms with Gasteiger partial charge in [0.15, 0.2) is 0 Å². The third kappa shape index (κ3) is 8.03. The molecule has 35 heavy (non-hydrogen) atoms. The second-order valence-electron chi connectivity index (χ2n) is 8.91. The van der Waals surface area contributed by atoms with E-state index in [4.69, 9.17) is 0 Å². The highest BCUT2D eigenvalue weighted by Gasteiger charge is 2.32. The molecule has 2 amide bonds. The molecule has 0 bridgehead atoms. The summed E-state index contributed by atoms with van der Waals surface area (Å²) in [4.78, 5) is 27.7. The van der Waals surface area contributed by atoms with E-state index in [0.29, 0.717) is 13.0 Å². The minimum absolute atomic E-state index is 0.147. The monoisotopic (exact) mass is 506 g/mol. The third-order valence-electron chi connectivity index (χ3n) is 5.47. The quantitative estimate of drug-likeness (QED) is 0.479. The Morgan fingerprint density at radius 2 is 1.57 bits per heavy atom. The number of anilines is 1. The van der Waals surface area contributed by atoms with Crippen LogP contribution in [0, 0.1) is 11.7 Å². The largest absolute Gasteiger partial charge is 0.354 e. The van der Waals surface area contributed by atoms with Gasteiger partial charge in [0.25, 0.3) is 0 Å². The maximum absolute atomic E-state index is 13.5. The standard InChI is InChI=1S/C25H35FN4O4S/c1-19(2)17-27-25(32)20(3)29(16-15-21-9-7-6-8-10-21)24(31)18-30(35(33,34)28(4)5)23-13-11-22(26)12-14-23/h6-14,19-20H,15-18H2,1-5H3,(H,27,32). The normalized spacial score (nSPS) is 12.5. The van der Waals surface area contributed by atoms with Crippen molar-refractivity contribution in [1.82, 2.24) is 14.5 Å². The van der Waals surface area contributed by atoms with Crippen LogP contribution in [0.3, 0.4) is 0 Å². The average molecular weight is 507 g/mol. The highest BCUT2D eigenvalue weighted by atomic mass is 32.2. The third-order valence-corrected chi connectivity index (χ3v) is 7.29. The summed E-state index contributed by atoms with van der Waals surface area (Å²) in [6, 6.07) is 13.6. The number of nitrogens with zero attached hydrogens (tertiary/aromatic N) is 3. The maximum atomic E-state index is 13.5. The lowest BCUT2D eigenvalue weighted by Crippen LogP contribution is -2.53. The zero-order chi connectivity index (χ0) is 26.2. The summed E-state index contributed by atoms with van der Waals surface area (Å²) >= 11 is 0. The Labute approximate surface area is 207 Å². The van der Waals surface area contributed by atoms with Crippen molar-refractivity contribution in [1.29, 1.82) is 0 Å². The SMILES string of the molecule is CC(C)CNC(=O)C(C)N(CCc1ccccc1)C(=O)CN(c1ccc(F)cc1)S(=O)(=O)N(C)C. The topological polar surface area (TPSA) is 90.0 Å². The Hall–Kier alpha value is -2.98. The first-order chi connectivity index (χ1) is 16.4. The fourth-order valence-electron chi connectivity index (χ4n) is 3.35. The van der Waals surface area contributed by atoms with Crippen molar-refractivity contribution in [2.75, 3.05) is 38.0 Å². The molecule has 0 aromatic heterocycles. The van der Waals surface area contributed by atoms with Gasteiger partial charge in [0, 0.05) is 27.2 Å². The van der Waals surface area contributed by atoms with Crippen molar-refractivity contribution in [2.45, 2.75) is 33.2 Å². The molecule has 1 unspecified atom stereocenters. The summed E-state index contributed by atoms with van der Waals surface area (Å²) in [7, 11) is -1.37. The minimum atomic E-state index is -4.07. The van der Waals surface area contributed by atoms with Crippen LogP contribution in [-0.2, 0) is 26.2 Å². The zero-order valence-corrected chi connectivity index (χ0v) is 21.8. The van der Waals surface area contributed by atoms with E-state index in [-0.39, 0.29) is 24.1 Å². The van der Waals surface area contributed by atoms with Crippen molar-refractivity contribution in [3.05, 3.63) is 66.0 Å². The molecule has 0 aliphatic rings. The first-order valence-electron chi connectivity index (χ1n) is 11.5. The van der Waals surface area contributed by atoms with E-state index in [1.165, 1.54) is 31.1 Å². The summed E-state index contributed by atoms with van der Waals surface area (Å²) in [5.41, 5.74) is 1.13. The number of nitrogens with one attached hydrogen (secondary N) is 1. The summed E-state index contributed by atoms with van der Waals surface area (Å²) < 4.78 is 41.5. The van der Waals surface area contributed by atoms with Crippen LogP contribution in [-0.4, -0.2) is 69.2 Å². The molecule has 0 spiro atoms. The van der Waals surface area contributed by atoms with E-state index >= 15 is 0 Å². The van der Waals surface area contributed by atoms with Crippen LogP contribution in [0.15, 0.2) is 54.6 Å². The number of carbonyl (C=O) groups excluding carboxylic acids is 2. The van der Waals surface area contributed by atoms with Gasteiger partial charge in [0.2, 0.25) is 11.8 Å². The van der Waals surface area contributed by atoms with Crippen LogP contribution in [0.4, 0.5) is 10.1 Å². The second kappa shape index (κ2) is 12.6. The van der Waals surface area contributed by atoms with Gasteiger partial charge in [0.1, 0.15) is 18.4 Å². The fourth-order valence-corrected chi connectivity index (χ4v) is 4.40. The van der Waals surface area contributed by atoms with Crippen molar-refractivity contribution in [3.8, 4) is 0 Å². The van der Waals surface area contributed by atoms with Gasteiger partial charge in [-0.1, -0.05) is 44.2 Å². The molecule has 0 saturated heterocycles. The predicted molar refractivity (Wildman–Crippen MR) is 136 cm³/mol. The van der Waals surface area contributed by atoms with Gasteiger partial charge in [-0.05, 0) is 49.1 Å². The van der Waals surface area contributed by atoms with Crippen LogP contribution >= 0.6 is 0 Å². The molecular weight excluding hydrogens is 471 g/mol. The highest BCUT2D eigenvalue weighted by Crippen LogP contribution is 2.21. The van der Waals surface area contributed by atoms with Crippen LogP contribution in [0.5, 0.6) is 0 Å². The van der Waals surface area contributed by atoms with E-state index in [2.05, 4.69) is 5.32 Å². The minimum Gasteiger partial charge on any atom is -0.354 e. The van der Waals surface area contributed by atoms with E-state index < -0.39 is 34.5 Å². The van der Waals surface area contributed by atoms with Crippen molar-refractivity contribution in [2.24, 2.45) is 5.92 Å². The Morgan fingerprint density at radius 1 is 0.971 bits per heavy atom. The van der Waals surface area contributed by atoms with Crippen molar-refractivity contribution in [3.63, 3.8) is 0 Å². The first-order valence-corrected chi connectivity index (χ1v) is 12.9. The molecule has 0 aliphatic heterocycles. The summed E-state index contributed by atoms with van der Waals surface area (Å²) in [5.74, 6) is -1.15. The lowest BCUT2D eigenvalue weighted by Gasteiger charge is -2.33. The van der Waals surface area contributed by atoms with Gasteiger partial charge in [-0.2, -0.15) is 12.7 Å². The van der Waals surface area contributed by atoms with E-state index in [9.17, 15) is 22.4 Å². The fraction of sp³-hybridized carbons (Fsp3) is 0.440. The first kappa shape index (κ1) is 28.3. The Balaban J connectivity index is 2.35. The van der Waals surface area contributed by atoms with Gasteiger partial charge < -0.3 is 10.2 Å². The second-order valence-corrected chi connectivity index (χ2v) is 11.0. The van der Waals surface area contributed by atoms with E-state index in [0.717, 1.165) is 26.3 Å². The molecule has 0 fully saturated rings. The molecule has 8 nitrogen and oxygen atoms in total. The number of rotatable bonds is 12.